The maximum absolute atomic E-state index is 13.4. The number of nitrogens with two attached hydrogens (primary N) is 1. The Morgan fingerprint density at radius 3 is 2.76 bits per heavy atom. The zero-order valence-electron chi connectivity index (χ0n) is 10.2. The highest BCUT2D eigenvalue weighted by atomic mass is 19.1. The van der Waals surface area contributed by atoms with Gasteiger partial charge in [-0.3, -0.25) is 0 Å². The summed E-state index contributed by atoms with van der Waals surface area (Å²) < 4.78 is 13.4. The highest BCUT2D eigenvalue weighted by Crippen LogP contribution is 2.16. The fraction of sp³-hybridized carbons (Fsp3) is 0.571. The van der Waals surface area contributed by atoms with Crippen LogP contribution in [0.1, 0.15) is 31.2 Å². The maximum atomic E-state index is 13.4. The van der Waals surface area contributed by atoms with Crippen LogP contribution in [0.25, 0.3) is 0 Å². The fourth-order valence-electron chi connectivity index (χ4n) is 2.51. The Morgan fingerprint density at radius 2 is 2.00 bits per heavy atom. The van der Waals surface area contributed by atoms with E-state index in [2.05, 4.69) is 5.32 Å². The Morgan fingerprint density at radius 1 is 1.24 bits per heavy atom. The molecular formula is C14H21FN2. The van der Waals surface area contributed by atoms with E-state index in [4.69, 9.17) is 5.73 Å². The van der Waals surface area contributed by atoms with Crippen molar-refractivity contribution in [2.45, 2.75) is 44.2 Å². The molecule has 1 saturated carbocycles. The zero-order valence-corrected chi connectivity index (χ0v) is 10.2. The molecule has 2 atom stereocenters. The highest BCUT2D eigenvalue weighted by molar-refractivity contribution is 5.17. The van der Waals surface area contributed by atoms with Gasteiger partial charge < -0.3 is 11.1 Å². The summed E-state index contributed by atoms with van der Waals surface area (Å²) in [5, 5.41) is 3.46. The van der Waals surface area contributed by atoms with Crippen LogP contribution in [-0.4, -0.2) is 18.6 Å². The van der Waals surface area contributed by atoms with Crippen LogP contribution >= 0.6 is 0 Å². The number of rotatable bonds is 4. The Labute approximate surface area is 102 Å². The fourth-order valence-corrected chi connectivity index (χ4v) is 2.51. The van der Waals surface area contributed by atoms with Crippen molar-refractivity contribution >= 4 is 0 Å². The monoisotopic (exact) mass is 236 g/mol. The van der Waals surface area contributed by atoms with E-state index in [1.165, 1.54) is 18.9 Å². The van der Waals surface area contributed by atoms with E-state index in [1.54, 1.807) is 6.07 Å². The first-order valence-electron chi connectivity index (χ1n) is 6.50. The molecule has 0 amide bonds. The highest BCUT2D eigenvalue weighted by Gasteiger charge is 2.20. The van der Waals surface area contributed by atoms with Gasteiger partial charge in [0.25, 0.3) is 0 Å². The first-order chi connectivity index (χ1) is 8.27. The van der Waals surface area contributed by atoms with Crippen molar-refractivity contribution < 1.29 is 4.39 Å². The minimum absolute atomic E-state index is 0.109. The van der Waals surface area contributed by atoms with E-state index in [0.29, 0.717) is 6.04 Å². The second-order valence-corrected chi connectivity index (χ2v) is 4.85. The third-order valence-electron chi connectivity index (χ3n) is 3.58. The van der Waals surface area contributed by atoms with Gasteiger partial charge in [0.05, 0.1) is 0 Å². The third kappa shape index (κ3) is 3.51. The van der Waals surface area contributed by atoms with Gasteiger partial charge in [-0.15, -0.1) is 0 Å². The molecule has 0 bridgehead atoms. The summed E-state index contributed by atoms with van der Waals surface area (Å²) in [5.74, 6) is -0.109. The minimum Gasteiger partial charge on any atom is -0.326 e. The van der Waals surface area contributed by atoms with Gasteiger partial charge in [-0.1, -0.05) is 31.0 Å². The summed E-state index contributed by atoms with van der Waals surface area (Å²) in [6.07, 6.45) is 5.49. The van der Waals surface area contributed by atoms with E-state index in [1.807, 2.05) is 12.1 Å². The maximum Gasteiger partial charge on any atom is 0.126 e. The molecule has 1 aliphatic carbocycles. The van der Waals surface area contributed by atoms with Crippen molar-refractivity contribution in [1.29, 1.82) is 0 Å². The van der Waals surface area contributed by atoms with Crippen LogP contribution < -0.4 is 11.1 Å². The van der Waals surface area contributed by atoms with Crippen molar-refractivity contribution in [3.63, 3.8) is 0 Å². The molecule has 94 valence electrons. The minimum atomic E-state index is -0.109. The van der Waals surface area contributed by atoms with Crippen LogP contribution in [0.2, 0.25) is 0 Å². The number of hydrogen-bond acceptors (Lipinski definition) is 2. The Bertz CT molecular complexity index is 354. The number of halogens is 1. The van der Waals surface area contributed by atoms with Crippen LogP contribution in [0.4, 0.5) is 4.39 Å². The van der Waals surface area contributed by atoms with E-state index < -0.39 is 0 Å². The summed E-state index contributed by atoms with van der Waals surface area (Å²) in [6, 6.07) is 7.65. The van der Waals surface area contributed by atoms with Crippen LogP contribution in [0.5, 0.6) is 0 Å². The van der Waals surface area contributed by atoms with E-state index in [0.717, 1.165) is 31.4 Å². The molecule has 0 heterocycles. The molecular weight excluding hydrogens is 215 g/mol. The summed E-state index contributed by atoms with van der Waals surface area (Å²) in [4.78, 5) is 0. The van der Waals surface area contributed by atoms with E-state index >= 15 is 0 Å². The molecule has 1 aliphatic rings. The smallest absolute Gasteiger partial charge is 0.126 e. The molecule has 0 spiro atoms. The lowest BCUT2D eigenvalue weighted by atomic mass is 9.91. The Balaban J connectivity index is 1.77. The standard InChI is InChI=1S/C14H21FN2/c15-12-6-2-1-5-11(12)9-10-17-14-8-4-3-7-13(14)16/h1-2,5-6,13-14,17H,3-4,7-10,16H2. The average Bonchev–Trinajstić information content (AvgIpc) is 2.34. The molecule has 2 nitrogen and oxygen atoms in total. The molecule has 1 fully saturated rings. The largest absolute Gasteiger partial charge is 0.326 e. The predicted octanol–water partition coefficient (Wildman–Crippen LogP) is 2.23. The average molecular weight is 236 g/mol. The molecule has 0 radical (unpaired) electrons. The van der Waals surface area contributed by atoms with Gasteiger partial charge in [-0.05, 0) is 37.4 Å². The summed E-state index contributed by atoms with van der Waals surface area (Å²) in [7, 11) is 0. The lowest BCUT2D eigenvalue weighted by molar-refractivity contribution is 0.329. The van der Waals surface area contributed by atoms with Crippen molar-refractivity contribution in [2.24, 2.45) is 5.73 Å². The van der Waals surface area contributed by atoms with Crippen LogP contribution in [-0.2, 0) is 6.42 Å². The van der Waals surface area contributed by atoms with Gasteiger partial charge in [0, 0.05) is 12.1 Å². The molecule has 17 heavy (non-hydrogen) atoms. The quantitative estimate of drug-likeness (QED) is 0.841. The summed E-state index contributed by atoms with van der Waals surface area (Å²) in [5.41, 5.74) is 6.83. The topological polar surface area (TPSA) is 38.0 Å². The van der Waals surface area contributed by atoms with Gasteiger partial charge in [-0.2, -0.15) is 0 Å². The van der Waals surface area contributed by atoms with Crippen LogP contribution in [0, 0.1) is 5.82 Å². The van der Waals surface area contributed by atoms with Gasteiger partial charge in [-0.25, -0.2) is 4.39 Å². The van der Waals surface area contributed by atoms with Gasteiger partial charge in [0.1, 0.15) is 5.82 Å². The van der Waals surface area contributed by atoms with Gasteiger partial charge >= 0.3 is 0 Å². The predicted molar refractivity (Wildman–Crippen MR) is 68.3 cm³/mol. The van der Waals surface area contributed by atoms with Crippen molar-refractivity contribution in [3.8, 4) is 0 Å². The van der Waals surface area contributed by atoms with Crippen LogP contribution in [0.15, 0.2) is 24.3 Å². The number of benzene rings is 1. The van der Waals surface area contributed by atoms with Crippen molar-refractivity contribution in [2.75, 3.05) is 6.54 Å². The number of nitrogens with one attached hydrogen (secondary N) is 1. The lowest BCUT2D eigenvalue weighted by Crippen LogP contribution is -2.47. The van der Waals surface area contributed by atoms with E-state index in [-0.39, 0.29) is 11.9 Å². The second kappa shape index (κ2) is 6.12. The molecule has 2 rings (SSSR count). The molecule has 0 aliphatic heterocycles. The van der Waals surface area contributed by atoms with Gasteiger partial charge in [0.15, 0.2) is 0 Å². The van der Waals surface area contributed by atoms with Crippen molar-refractivity contribution in [3.05, 3.63) is 35.6 Å². The Kier molecular flexibility index (Phi) is 4.51. The lowest BCUT2D eigenvalue weighted by Gasteiger charge is -2.29. The molecule has 3 heteroatoms. The number of hydrogen-bond donors (Lipinski definition) is 2. The molecule has 1 aromatic carbocycles. The van der Waals surface area contributed by atoms with Crippen LogP contribution in [0.3, 0.4) is 0 Å². The summed E-state index contributed by atoms with van der Waals surface area (Å²) in [6.45, 7) is 0.805. The summed E-state index contributed by atoms with van der Waals surface area (Å²) >= 11 is 0. The first-order valence-corrected chi connectivity index (χ1v) is 6.50. The van der Waals surface area contributed by atoms with E-state index in [9.17, 15) is 4.39 Å². The SMILES string of the molecule is NC1CCCCC1NCCc1ccccc1F. The first kappa shape index (κ1) is 12.5. The molecule has 3 N–H and O–H groups in total. The van der Waals surface area contributed by atoms with Crippen molar-refractivity contribution in [1.82, 2.24) is 5.32 Å². The molecule has 0 saturated heterocycles. The third-order valence-corrected chi connectivity index (χ3v) is 3.58. The molecule has 0 aromatic heterocycles. The molecule has 1 aromatic rings. The Hall–Kier alpha value is -0.930. The normalized spacial score (nSPS) is 24.8. The van der Waals surface area contributed by atoms with Gasteiger partial charge in [0.2, 0.25) is 0 Å². The molecule has 2 unspecified atom stereocenters. The zero-order chi connectivity index (χ0) is 12.1. The second-order valence-electron chi connectivity index (χ2n) is 4.85.